The van der Waals surface area contributed by atoms with Crippen molar-refractivity contribution in [2.24, 2.45) is 0 Å². The molecule has 1 aliphatic heterocycles. The third-order valence-electron chi connectivity index (χ3n) is 4.77. The summed E-state index contributed by atoms with van der Waals surface area (Å²) in [5.41, 5.74) is 1.01. The maximum atomic E-state index is 12.9. The quantitative estimate of drug-likeness (QED) is 0.347. The Morgan fingerprint density at radius 1 is 1.03 bits per heavy atom. The van der Waals surface area contributed by atoms with Crippen LogP contribution in [0.4, 0.5) is 0 Å². The molecule has 1 aromatic heterocycles. The molecule has 1 fully saturated rings. The molecule has 2 aromatic carbocycles. The maximum Gasteiger partial charge on any atom is 0.296 e. The zero-order valence-corrected chi connectivity index (χ0v) is 16.7. The zero-order chi connectivity index (χ0) is 20.5. The van der Waals surface area contributed by atoms with Crippen LogP contribution >= 0.6 is 15.9 Å². The summed E-state index contributed by atoms with van der Waals surface area (Å²) in [7, 11) is 0. The number of aliphatic hydroxyl groups excluding tert-OH is 1. The lowest BCUT2D eigenvalue weighted by atomic mass is 9.95. The van der Waals surface area contributed by atoms with E-state index in [1.54, 1.807) is 48.5 Å². The summed E-state index contributed by atoms with van der Waals surface area (Å²) in [5, 5.41) is 20.5. The second-order valence-electron chi connectivity index (χ2n) is 6.60. The lowest BCUT2D eigenvalue weighted by Crippen LogP contribution is -2.29. The normalized spacial score (nSPS) is 18.4. The number of hydrogen-bond donors (Lipinski definition) is 2. The van der Waals surface area contributed by atoms with Crippen molar-refractivity contribution < 1.29 is 24.2 Å². The Balaban J connectivity index is 1.86. The Kier molecular flexibility index (Phi) is 4.98. The summed E-state index contributed by atoms with van der Waals surface area (Å²) in [6.45, 7) is 0.0697. The summed E-state index contributed by atoms with van der Waals surface area (Å²) in [6, 6.07) is 15.6. The number of amides is 1. The minimum Gasteiger partial charge on any atom is -0.508 e. The summed E-state index contributed by atoms with van der Waals surface area (Å²) in [5.74, 6) is -1.17. The highest BCUT2D eigenvalue weighted by molar-refractivity contribution is 9.10. The first-order valence-corrected chi connectivity index (χ1v) is 9.60. The van der Waals surface area contributed by atoms with Crippen molar-refractivity contribution in [2.75, 3.05) is 0 Å². The van der Waals surface area contributed by atoms with Gasteiger partial charge in [0.1, 0.15) is 17.3 Å². The van der Waals surface area contributed by atoms with Crippen molar-refractivity contribution in [3.63, 3.8) is 0 Å². The maximum absolute atomic E-state index is 12.9. The molecule has 0 radical (unpaired) electrons. The number of Topliss-reactive ketones (excluding diaryl/α,β-unsaturated/α-hetero) is 1. The third kappa shape index (κ3) is 3.56. The first kappa shape index (κ1) is 19.0. The van der Waals surface area contributed by atoms with Gasteiger partial charge < -0.3 is 19.5 Å². The number of halogens is 1. The van der Waals surface area contributed by atoms with Crippen molar-refractivity contribution in [1.29, 1.82) is 0 Å². The molecule has 0 bridgehead atoms. The van der Waals surface area contributed by atoms with Crippen LogP contribution in [0.2, 0.25) is 0 Å². The van der Waals surface area contributed by atoms with Gasteiger partial charge in [0.25, 0.3) is 11.7 Å². The van der Waals surface area contributed by atoms with E-state index in [4.69, 9.17) is 4.42 Å². The molecular formula is C22H16BrNO5. The fourth-order valence-electron chi connectivity index (χ4n) is 3.38. The van der Waals surface area contributed by atoms with Gasteiger partial charge in [0.2, 0.25) is 0 Å². The zero-order valence-electron chi connectivity index (χ0n) is 15.1. The Labute approximate surface area is 174 Å². The van der Waals surface area contributed by atoms with E-state index in [2.05, 4.69) is 15.9 Å². The predicted molar refractivity (Wildman–Crippen MR) is 109 cm³/mol. The van der Waals surface area contributed by atoms with Gasteiger partial charge in [-0.1, -0.05) is 40.2 Å². The Hall–Kier alpha value is -3.32. The van der Waals surface area contributed by atoms with Gasteiger partial charge in [0.15, 0.2) is 0 Å². The molecule has 0 aliphatic carbocycles. The number of ketones is 1. The van der Waals surface area contributed by atoms with Crippen LogP contribution in [0.5, 0.6) is 5.75 Å². The van der Waals surface area contributed by atoms with Crippen LogP contribution in [0.3, 0.4) is 0 Å². The highest BCUT2D eigenvalue weighted by atomic mass is 79.9. The lowest BCUT2D eigenvalue weighted by Gasteiger charge is -2.24. The molecule has 146 valence electrons. The van der Waals surface area contributed by atoms with Gasteiger partial charge in [-0.05, 0) is 42.0 Å². The van der Waals surface area contributed by atoms with E-state index in [0.29, 0.717) is 16.9 Å². The van der Waals surface area contributed by atoms with Crippen LogP contribution in [0, 0.1) is 0 Å². The molecular weight excluding hydrogens is 438 g/mol. The molecule has 2 N–H and O–H groups in total. The number of phenols is 1. The van der Waals surface area contributed by atoms with Crippen LogP contribution in [-0.4, -0.2) is 26.8 Å². The fourth-order valence-corrected chi connectivity index (χ4v) is 3.64. The highest BCUT2D eigenvalue weighted by Crippen LogP contribution is 2.40. The van der Waals surface area contributed by atoms with Crippen molar-refractivity contribution in [2.45, 2.75) is 12.6 Å². The topological polar surface area (TPSA) is 91.0 Å². The van der Waals surface area contributed by atoms with E-state index in [-0.39, 0.29) is 23.6 Å². The number of benzene rings is 2. The molecule has 7 heteroatoms. The summed E-state index contributed by atoms with van der Waals surface area (Å²) >= 11 is 3.34. The Bertz CT molecular complexity index is 1090. The number of phenolic OH excluding ortho intramolecular Hbond substituents is 1. The van der Waals surface area contributed by atoms with E-state index in [9.17, 15) is 19.8 Å². The monoisotopic (exact) mass is 453 g/mol. The predicted octanol–water partition coefficient (Wildman–Crippen LogP) is 4.37. The highest BCUT2D eigenvalue weighted by Gasteiger charge is 2.46. The molecule has 1 atom stereocenters. The van der Waals surface area contributed by atoms with Gasteiger partial charge in [0, 0.05) is 10.0 Å². The van der Waals surface area contributed by atoms with Crippen LogP contribution in [0.25, 0.3) is 5.76 Å². The van der Waals surface area contributed by atoms with Gasteiger partial charge >= 0.3 is 0 Å². The summed E-state index contributed by atoms with van der Waals surface area (Å²) in [6.07, 6.45) is 1.49. The summed E-state index contributed by atoms with van der Waals surface area (Å²) in [4.78, 5) is 27.1. The average Bonchev–Trinajstić information content (AvgIpc) is 3.31. The fraction of sp³-hybridized carbons (Fsp3) is 0.0909. The van der Waals surface area contributed by atoms with E-state index >= 15 is 0 Å². The van der Waals surface area contributed by atoms with Crippen LogP contribution < -0.4 is 0 Å². The Morgan fingerprint density at radius 2 is 1.72 bits per heavy atom. The summed E-state index contributed by atoms with van der Waals surface area (Å²) < 4.78 is 6.17. The number of aliphatic hydroxyl groups is 1. The molecule has 6 nitrogen and oxygen atoms in total. The van der Waals surface area contributed by atoms with Crippen molar-refractivity contribution >= 4 is 33.4 Å². The van der Waals surface area contributed by atoms with Crippen molar-refractivity contribution in [3.8, 4) is 5.75 Å². The van der Waals surface area contributed by atoms with Gasteiger partial charge in [-0.25, -0.2) is 0 Å². The number of carbonyl (C=O) groups is 2. The average molecular weight is 454 g/mol. The van der Waals surface area contributed by atoms with Gasteiger partial charge in [-0.2, -0.15) is 0 Å². The largest absolute Gasteiger partial charge is 0.508 e. The second-order valence-corrected chi connectivity index (χ2v) is 7.52. The lowest BCUT2D eigenvalue weighted by molar-refractivity contribution is -0.140. The molecule has 1 unspecified atom stereocenters. The molecule has 1 aliphatic rings. The van der Waals surface area contributed by atoms with Gasteiger partial charge in [-0.15, -0.1) is 0 Å². The molecule has 0 saturated carbocycles. The molecule has 3 aromatic rings. The second kappa shape index (κ2) is 7.60. The van der Waals surface area contributed by atoms with Crippen molar-refractivity contribution in [1.82, 2.24) is 4.90 Å². The van der Waals surface area contributed by atoms with Crippen LogP contribution in [0.1, 0.15) is 22.9 Å². The SMILES string of the molecule is O=C1C(=O)N(Cc2ccco2)C(c2ccc(O)cc2)C1=C(O)c1ccc(Br)cc1. The number of nitrogens with zero attached hydrogens (tertiary/aromatic N) is 1. The number of hydrogen-bond acceptors (Lipinski definition) is 5. The smallest absolute Gasteiger partial charge is 0.296 e. The standard InChI is InChI=1S/C22H16BrNO5/c23-15-7-3-14(4-8-15)20(26)18-19(13-5-9-16(25)10-6-13)24(22(28)21(18)27)12-17-2-1-11-29-17/h1-11,19,25-26H,12H2. The number of carbonyl (C=O) groups excluding carboxylic acids is 2. The molecule has 29 heavy (non-hydrogen) atoms. The molecule has 1 saturated heterocycles. The van der Waals surface area contributed by atoms with E-state index in [1.165, 1.54) is 23.3 Å². The number of likely N-dealkylation sites (tertiary alicyclic amines) is 1. The number of rotatable bonds is 4. The Morgan fingerprint density at radius 3 is 2.34 bits per heavy atom. The first-order chi connectivity index (χ1) is 14.0. The van der Waals surface area contributed by atoms with Crippen molar-refractivity contribution in [3.05, 3.63) is 93.9 Å². The van der Waals surface area contributed by atoms with Crippen LogP contribution in [0.15, 0.2) is 81.4 Å². The molecule has 0 spiro atoms. The third-order valence-corrected chi connectivity index (χ3v) is 5.30. The van der Waals surface area contributed by atoms with Crippen LogP contribution in [-0.2, 0) is 16.1 Å². The van der Waals surface area contributed by atoms with E-state index in [0.717, 1.165) is 4.47 Å². The van der Waals surface area contributed by atoms with E-state index in [1.807, 2.05) is 0 Å². The minimum absolute atomic E-state index is 0.00503. The number of aromatic hydroxyl groups is 1. The van der Waals surface area contributed by atoms with Gasteiger partial charge in [0.05, 0.1) is 24.4 Å². The molecule has 4 rings (SSSR count). The molecule has 1 amide bonds. The molecule has 2 heterocycles. The first-order valence-electron chi connectivity index (χ1n) is 8.81. The van der Waals surface area contributed by atoms with E-state index < -0.39 is 17.7 Å². The van der Waals surface area contributed by atoms with Gasteiger partial charge in [-0.3, -0.25) is 9.59 Å². The minimum atomic E-state index is -0.815. The number of furan rings is 1.